The number of hydrogen-bond donors (Lipinski definition) is 0. The molecule has 1 amide bonds. The van der Waals surface area contributed by atoms with Gasteiger partial charge in [0, 0.05) is 12.3 Å². The number of aromatic nitrogens is 1. The number of thiazole rings is 1. The fourth-order valence-corrected chi connectivity index (χ4v) is 4.91. The summed E-state index contributed by atoms with van der Waals surface area (Å²) in [7, 11) is -0.373. The lowest BCUT2D eigenvalue weighted by Gasteiger charge is -2.07. The maximum absolute atomic E-state index is 12.6. The van der Waals surface area contributed by atoms with Crippen molar-refractivity contribution in [1.82, 2.24) is 4.57 Å². The molecule has 0 fully saturated rings. The van der Waals surface area contributed by atoms with Crippen LogP contribution >= 0.6 is 11.3 Å². The molecule has 0 aliphatic carbocycles. The lowest BCUT2D eigenvalue weighted by molar-refractivity contribution is -0.143. The Kier molecular flexibility index (Phi) is 7.90. The van der Waals surface area contributed by atoms with Crippen LogP contribution in [0.2, 0.25) is 0 Å². The third-order valence-corrected chi connectivity index (χ3v) is 6.86. The quantitative estimate of drug-likeness (QED) is 0.342. The van der Waals surface area contributed by atoms with Gasteiger partial charge in [0.15, 0.2) is 26.1 Å². The Morgan fingerprint density at radius 3 is 2.47 bits per heavy atom. The van der Waals surface area contributed by atoms with Gasteiger partial charge in [-0.1, -0.05) is 17.4 Å². The first-order valence-corrected chi connectivity index (χ1v) is 12.8. The second-order valence-corrected chi connectivity index (χ2v) is 10.1. The number of esters is 1. The van der Waals surface area contributed by atoms with E-state index in [1.54, 1.807) is 37.3 Å². The summed E-state index contributed by atoms with van der Waals surface area (Å²) in [4.78, 5) is 29.3. The summed E-state index contributed by atoms with van der Waals surface area (Å²) in [5.41, 5.74) is 1.27. The Labute approximate surface area is 200 Å². The van der Waals surface area contributed by atoms with Gasteiger partial charge in [0.1, 0.15) is 6.54 Å². The van der Waals surface area contributed by atoms with Crippen LogP contribution in [-0.4, -0.2) is 51.9 Å². The molecule has 0 saturated heterocycles. The van der Waals surface area contributed by atoms with E-state index in [1.165, 1.54) is 37.0 Å². The lowest BCUT2D eigenvalue weighted by Crippen LogP contribution is -2.22. The van der Waals surface area contributed by atoms with Crippen LogP contribution in [0.1, 0.15) is 12.5 Å². The van der Waals surface area contributed by atoms with Crippen molar-refractivity contribution in [1.29, 1.82) is 0 Å². The van der Waals surface area contributed by atoms with Crippen LogP contribution in [0, 0.1) is 0 Å². The van der Waals surface area contributed by atoms with Crippen LogP contribution in [0.25, 0.3) is 16.3 Å². The number of methoxy groups -OCH3 is 2. The standard InChI is InChI=1S/C23H24N2O7S2/c1-5-32-22(27)14-25-17-9-8-16(34(4,28)29)13-20(17)33-23(25)24-21(26)11-7-15-6-10-18(30-2)19(12-15)31-3/h6-13H,5,14H2,1-4H3. The molecule has 9 nitrogen and oxygen atoms in total. The SMILES string of the molecule is CCOC(=O)Cn1c(=NC(=O)C=Cc2ccc(OC)c(OC)c2)sc2cc(S(C)(=O)=O)ccc21. The van der Waals surface area contributed by atoms with Gasteiger partial charge in [-0.15, -0.1) is 0 Å². The zero-order valence-corrected chi connectivity index (χ0v) is 20.7. The van der Waals surface area contributed by atoms with E-state index in [9.17, 15) is 18.0 Å². The molecule has 0 atom stereocenters. The zero-order chi connectivity index (χ0) is 24.9. The van der Waals surface area contributed by atoms with Gasteiger partial charge in [-0.05, 0) is 48.9 Å². The smallest absolute Gasteiger partial charge is 0.326 e. The second-order valence-electron chi connectivity index (χ2n) is 7.08. The number of rotatable bonds is 8. The molecule has 0 aliphatic heterocycles. The van der Waals surface area contributed by atoms with E-state index in [0.29, 0.717) is 27.3 Å². The van der Waals surface area contributed by atoms with E-state index in [1.807, 2.05) is 0 Å². The molecule has 1 heterocycles. The molecular weight excluding hydrogens is 480 g/mol. The minimum atomic E-state index is -3.42. The maximum Gasteiger partial charge on any atom is 0.326 e. The summed E-state index contributed by atoms with van der Waals surface area (Å²) in [5.74, 6) is 0.0355. The predicted molar refractivity (Wildman–Crippen MR) is 129 cm³/mol. The molecule has 0 saturated carbocycles. The third-order valence-electron chi connectivity index (χ3n) is 4.71. The van der Waals surface area contributed by atoms with E-state index >= 15 is 0 Å². The van der Waals surface area contributed by atoms with Crippen molar-refractivity contribution in [2.75, 3.05) is 27.1 Å². The molecule has 2 aromatic carbocycles. The largest absolute Gasteiger partial charge is 0.493 e. The van der Waals surface area contributed by atoms with Crippen molar-refractivity contribution in [3.05, 3.63) is 52.8 Å². The first kappa shape index (κ1) is 25.2. The van der Waals surface area contributed by atoms with E-state index in [-0.39, 0.29) is 22.8 Å². The number of amides is 1. The molecule has 0 radical (unpaired) electrons. The summed E-state index contributed by atoms with van der Waals surface area (Å²) in [6, 6.07) is 9.74. The highest BCUT2D eigenvalue weighted by molar-refractivity contribution is 7.90. The third kappa shape index (κ3) is 5.91. The summed E-state index contributed by atoms with van der Waals surface area (Å²) in [5, 5.41) is 0. The Balaban J connectivity index is 2.02. The molecule has 180 valence electrons. The highest BCUT2D eigenvalue weighted by atomic mass is 32.2. The van der Waals surface area contributed by atoms with Gasteiger partial charge in [0.05, 0.1) is 35.9 Å². The first-order valence-electron chi connectivity index (χ1n) is 10.1. The van der Waals surface area contributed by atoms with Crippen molar-refractivity contribution in [2.45, 2.75) is 18.4 Å². The number of benzene rings is 2. The normalized spacial score (nSPS) is 12.3. The number of carbonyl (C=O) groups is 2. The van der Waals surface area contributed by atoms with E-state index < -0.39 is 21.7 Å². The molecule has 0 aliphatic rings. The Hall–Kier alpha value is -3.44. The van der Waals surface area contributed by atoms with Crippen LogP contribution in [0.3, 0.4) is 0 Å². The first-order chi connectivity index (χ1) is 16.2. The van der Waals surface area contributed by atoms with Gasteiger partial charge in [-0.2, -0.15) is 4.99 Å². The molecule has 0 bridgehead atoms. The number of sulfone groups is 1. The van der Waals surface area contributed by atoms with Crippen molar-refractivity contribution in [3.8, 4) is 11.5 Å². The van der Waals surface area contributed by atoms with Crippen LogP contribution in [0.5, 0.6) is 11.5 Å². The van der Waals surface area contributed by atoms with E-state index in [0.717, 1.165) is 17.6 Å². The molecule has 1 aromatic heterocycles. The van der Waals surface area contributed by atoms with Crippen molar-refractivity contribution < 1.29 is 32.2 Å². The van der Waals surface area contributed by atoms with Gasteiger partial charge in [0.2, 0.25) is 0 Å². The molecule has 3 rings (SSSR count). The number of hydrogen-bond acceptors (Lipinski definition) is 8. The summed E-state index contributed by atoms with van der Waals surface area (Å²) in [6.07, 6.45) is 3.99. The van der Waals surface area contributed by atoms with Crippen LogP contribution in [0.15, 0.2) is 52.4 Å². The molecule has 0 N–H and O–H groups in total. The topological polar surface area (TPSA) is 113 Å². The van der Waals surface area contributed by atoms with Gasteiger partial charge in [-0.25, -0.2) is 8.42 Å². The predicted octanol–water partition coefficient (Wildman–Crippen LogP) is 2.83. The summed E-state index contributed by atoms with van der Waals surface area (Å²) >= 11 is 1.11. The number of fused-ring (bicyclic) bond motifs is 1. The monoisotopic (exact) mass is 504 g/mol. The fraction of sp³-hybridized carbons (Fsp3) is 0.261. The summed E-state index contributed by atoms with van der Waals surface area (Å²) in [6.45, 7) is 1.73. The Morgan fingerprint density at radius 2 is 1.82 bits per heavy atom. The zero-order valence-electron chi connectivity index (χ0n) is 19.1. The molecular formula is C23H24N2O7S2. The number of nitrogens with zero attached hydrogens (tertiary/aromatic N) is 2. The van der Waals surface area contributed by atoms with Gasteiger partial charge in [0.25, 0.3) is 5.91 Å². The van der Waals surface area contributed by atoms with Gasteiger partial charge >= 0.3 is 5.97 Å². The Morgan fingerprint density at radius 1 is 1.09 bits per heavy atom. The van der Waals surface area contributed by atoms with Crippen LogP contribution in [-0.2, 0) is 30.7 Å². The van der Waals surface area contributed by atoms with Crippen LogP contribution in [0.4, 0.5) is 0 Å². The number of ether oxygens (including phenoxy) is 3. The van der Waals surface area contributed by atoms with Crippen molar-refractivity contribution in [2.24, 2.45) is 4.99 Å². The van der Waals surface area contributed by atoms with Gasteiger partial charge in [-0.3, -0.25) is 9.59 Å². The molecule has 34 heavy (non-hydrogen) atoms. The highest BCUT2D eigenvalue weighted by Gasteiger charge is 2.15. The van der Waals surface area contributed by atoms with Crippen LogP contribution < -0.4 is 14.3 Å². The van der Waals surface area contributed by atoms with Crippen molar-refractivity contribution >= 4 is 49.3 Å². The Bertz CT molecular complexity index is 1430. The van der Waals surface area contributed by atoms with Gasteiger partial charge < -0.3 is 18.8 Å². The molecule has 0 spiro atoms. The average Bonchev–Trinajstić information content (AvgIpc) is 3.12. The highest BCUT2D eigenvalue weighted by Crippen LogP contribution is 2.28. The van der Waals surface area contributed by atoms with E-state index in [4.69, 9.17) is 14.2 Å². The molecule has 11 heteroatoms. The fourth-order valence-electron chi connectivity index (χ4n) is 3.11. The minimum absolute atomic E-state index is 0.135. The van der Waals surface area contributed by atoms with E-state index in [2.05, 4.69) is 4.99 Å². The average molecular weight is 505 g/mol. The summed E-state index contributed by atoms with van der Waals surface area (Å²) < 4.78 is 41.5. The molecule has 0 unspecified atom stereocenters. The van der Waals surface area contributed by atoms with Crippen molar-refractivity contribution in [3.63, 3.8) is 0 Å². The maximum atomic E-state index is 12.6. The lowest BCUT2D eigenvalue weighted by atomic mass is 10.2. The second kappa shape index (κ2) is 10.7. The number of carbonyl (C=O) groups excluding carboxylic acids is 2. The minimum Gasteiger partial charge on any atom is -0.493 e. The molecule has 3 aromatic rings.